The summed E-state index contributed by atoms with van der Waals surface area (Å²) < 4.78 is 1.39. The van der Waals surface area contributed by atoms with Crippen LogP contribution in [-0.4, -0.2) is 21.5 Å². The second kappa shape index (κ2) is 5.34. The Hall–Kier alpha value is -2.83. The van der Waals surface area contributed by atoms with Crippen LogP contribution in [0.3, 0.4) is 0 Å². The first-order valence-electron chi connectivity index (χ1n) is 7.65. The van der Waals surface area contributed by atoms with Crippen molar-refractivity contribution in [1.82, 2.24) is 9.78 Å². The first-order chi connectivity index (χ1) is 12.3. The second-order valence-electron chi connectivity index (χ2n) is 5.62. The third-order valence-electron chi connectivity index (χ3n) is 4.22. The van der Waals surface area contributed by atoms with Gasteiger partial charge in [0, 0.05) is 11.1 Å². The Kier molecular flexibility index (Phi) is 3.10. The highest BCUT2D eigenvalue weighted by atomic mass is 32.1. The minimum Gasteiger partial charge on any atom is -0.288 e. The molecule has 0 fully saturated rings. The number of hydrogen-bond acceptors (Lipinski definition) is 5. The summed E-state index contributed by atoms with van der Waals surface area (Å²) >= 11 is 2.88. The summed E-state index contributed by atoms with van der Waals surface area (Å²) in [5.74, 6) is -0.280. The van der Waals surface area contributed by atoms with Crippen molar-refractivity contribution in [3.8, 4) is 21.8 Å². The number of nitrogens with zero attached hydrogens (tertiary/aromatic N) is 2. The Morgan fingerprint density at radius 1 is 0.920 bits per heavy atom. The van der Waals surface area contributed by atoms with Crippen LogP contribution in [-0.2, 0) is 0 Å². The maximum atomic E-state index is 13.0. The standard InChI is InChI=1S/C19H10N2O2S2/c22-18-12-6-2-1-5-11(12)17-15(18)16(13-7-3-9-24-13)20-21(17)19(23)14-8-4-10-25-14/h1-10H. The number of benzene rings is 1. The van der Waals surface area contributed by atoms with E-state index in [9.17, 15) is 9.59 Å². The SMILES string of the molecule is O=C1c2ccccc2-c2c1c(-c1cccs1)nn2C(=O)c1cccs1. The number of ketones is 1. The Balaban J connectivity index is 1.82. The molecule has 1 aliphatic carbocycles. The summed E-state index contributed by atoms with van der Waals surface area (Å²) in [6, 6.07) is 14.8. The molecule has 0 N–H and O–H groups in total. The highest BCUT2D eigenvalue weighted by Gasteiger charge is 2.36. The van der Waals surface area contributed by atoms with Crippen LogP contribution in [0.2, 0.25) is 0 Å². The van der Waals surface area contributed by atoms with Crippen LogP contribution in [0.4, 0.5) is 0 Å². The van der Waals surface area contributed by atoms with Crippen LogP contribution in [0.25, 0.3) is 21.8 Å². The lowest BCUT2D eigenvalue weighted by Gasteiger charge is -2.04. The maximum absolute atomic E-state index is 13.0. The molecule has 4 nitrogen and oxygen atoms in total. The van der Waals surface area contributed by atoms with E-state index in [4.69, 9.17) is 0 Å². The summed E-state index contributed by atoms with van der Waals surface area (Å²) in [6.07, 6.45) is 0. The van der Waals surface area contributed by atoms with Crippen LogP contribution < -0.4 is 0 Å². The summed E-state index contributed by atoms with van der Waals surface area (Å²) in [6.45, 7) is 0. The fraction of sp³-hybridized carbons (Fsp3) is 0. The van der Waals surface area contributed by atoms with Crippen LogP contribution in [0, 0.1) is 0 Å². The molecule has 0 atom stereocenters. The van der Waals surface area contributed by atoms with Crippen LogP contribution >= 0.6 is 22.7 Å². The number of aromatic nitrogens is 2. The molecule has 0 spiro atoms. The van der Waals surface area contributed by atoms with E-state index in [1.54, 1.807) is 12.1 Å². The number of carbonyl (C=O) groups excluding carboxylic acids is 2. The minimum absolute atomic E-state index is 0.0702. The molecule has 120 valence electrons. The van der Waals surface area contributed by atoms with Gasteiger partial charge in [-0.1, -0.05) is 36.4 Å². The molecular formula is C19H10N2O2S2. The van der Waals surface area contributed by atoms with Gasteiger partial charge in [0.25, 0.3) is 5.91 Å². The van der Waals surface area contributed by atoms with Gasteiger partial charge in [0.1, 0.15) is 5.69 Å². The lowest BCUT2D eigenvalue weighted by atomic mass is 10.1. The van der Waals surface area contributed by atoms with Gasteiger partial charge in [-0.2, -0.15) is 9.78 Å². The number of rotatable bonds is 2. The lowest BCUT2D eigenvalue weighted by molar-refractivity contribution is 0.0951. The van der Waals surface area contributed by atoms with Crippen molar-refractivity contribution >= 4 is 34.4 Å². The highest BCUT2D eigenvalue weighted by Crippen LogP contribution is 2.42. The van der Waals surface area contributed by atoms with E-state index in [2.05, 4.69) is 5.10 Å². The Morgan fingerprint density at radius 2 is 1.68 bits per heavy atom. The Labute approximate surface area is 151 Å². The zero-order valence-electron chi connectivity index (χ0n) is 12.8. The number of thiophene rings is 2. The van der Waals surface area contributed by atoms with E-state index in [1.807, 2.05) is 47.2 Å². The van der Waals surface area contributed by atoms with Gasteiger partial charge in [-0.25, -0.2) is 0 Å². The van der Waals surface area contributed by atoms with Crippen molar-refractivity contribution < 1.29 is 9.59 Å². The number of carbonyl (C=O) groups is 2. The molecule has 5 rings (SSSR count). The molecule has 0 saturated carbocycles. The topological polar surface area (TPSA) is 52.0 Å². The maximum Gasteiger partial charge on any atom is 0.288 e. The summed E-state index contributed by atoms with van der Waals surface area (Å²) in [5, 5.41) is 8.34. The van der Waals surface area contributed by atoms with Crippen molar-refractivity contribution in [2.75, 3.05) is 0 Å². The zero-order valence-corrected chi connectivity index (χ0v) is 14.4. The molecule has 1 aliphatic rings. The quantitative estimate of drug-likeness (QED) is 0.462. The first kappa shape index (κ1) is 14.5. The van der Waals surface area contributed by atoms with Gasteiger partial charge >= 0.3 is 0 Å². The van der Waals surface area contributed by atoms with E-state index < -0.39 is 0 Å². The van der Waals surface area contributed by atoms with Gasteiger partial charge in [0.15, 0.2) is 5.78 Å². The van der Waals surface area contributed by atoms with Gasteiger partial charge in [-0.15, -0.1) is 22.7 Å². The molecule has 6 heteroatoms. The predicted molar refractivity (Wildman–Crippen MR) is 98.5 cm³/mol. The third kappa shape index (κ3) is 2.01. The molecule has 0 unspecified atom stereocenters. The van der Waals surface area contributed by atoms with Crippen molar-refractivity contribution in [2.24, 2.45) is 0 Å². The predicted octanol–water partition coefficient (Wildman–Crippen LogP) is 4.57. The Morgan fingerprint density at radius 3 is 2.40 bits per heavy atom. The minimum atomic E-state index is -0.210. The van der Waals surface area contributed by atoms with Crippen molar-refractivity contribution in [3.63, 3.8) is 0 Å². The average molecular weight is 362 g/mol. The molecule has 25 heavy (non-hydrogen) atoms. The molecule has 1 aromatic carbocycles. The molecule has 3 heterocycles. The molecule has 0 radical (unpaired) electrons. The van der Waals surface area contributed by atoms with Gasteiger partial charge < -0.3 is 0 Å². The second-order valence-corrected chi connectivity index (χ2v) is 7.51. The van der Waals surface area contributed by atoms with Crippen LogP contribution in [0.15, 0.2) is 59.3 Å². The summed E-state index contributed by atoms with van der Waals surface area (Å²) in [4.78, 5) is 27.4. The van der Waals surface area contributed by atoms with Crippen molar-refractivity contribution in [3.05, 3.63) is 75.3 Å². The average Bonchev–Trinajstić information content (AvgIpc) is 3.42. The van der Waals surface area contributed by atoms with E-state index in [0.717, 1.165) is 10.4 Å². The first-order valence-corrected chi connectivity index (χ1v) is 9.41. The van der Waals surface area contributed by atoms with E-state index in [-0.39, 0.29) is 11.7 Å². The zero-order chi connectivity index (χ0) is 17.0. The monoisotopic (exact) mass is 362 g/mol. The fourth-order valence-corrected chi connectivity index (χ4v) is 4.51. The van der Waals surface area contributed by atoms with Gasteiger partial charge in [0.05, 0.1) is 21.0 Å². The molecule has 4 aromatic rings. The van der Waals surface area contributed by atoms with Crippen molar-refractivity contribution in [2.45, 2.75) is 0 Å². The van der Waals surface area contributed by atoms with Crippen LogP contribution in [0.5, 0.6) is 0 Å². The molecule has 0 aliphatic heterocycles. The Bertz CT molecular complexity index is 1120. The highest BCUT2D eigenvalue weighted by molar-refractivity contribution is 7.13. The summed E-state index contributed by atoms with van der Waals surface area (Å²) in [7, 11) is 0. The number of fused-ring (bicyclic) bond motifs is 3. The van der Waals surface area contributed by atoms with Gasteiger partial charge in [0.2, 0.25) is 0 Å². The third-order valence-corrected chi connectivity index (χ3v) is 5.95. The van der Waals surface area contributed by atoms with Crippen LogP contribution in [0.1, 0.15) is 25.6 Å². The summed E-state index contributed by atoms with van der Waals surface area (Å²) in [5.41, 5.74) is 3.09. The van der Waals surface area contributed by atoms with E-state index in [0.29, 0.717) is 27.4 Å². The van der Waals surface area contributed by atoms with E-state index >= 15 is 0 Å². The largest absolute Gasteiger partial charge is 0.288 e. The smallest absolute Gasteiger partial charge is 0.288 e. The number of hydrogen-bond donors (Lipinski definition) is 0. The fourth-order valence-electron chi connectivity index (χ4n) is 3.14. The molecule has 0 amide bonds. The van der Waals surface area contributed by atoms with Gasteiger partial charge in [-0.3, -0.25) is 9.59 Å². The molecule has 3 aromatic heterocycles. The van der Waals surface area contributed by atoms with Gasteiger partial charge in [-0.05, 0) is 22.9 Å². The van der Waals surface area contributed by atoms with E-state index in [1.165, 1.54) is 27.4 Å². The lowest BCUT2D eigenvalue weighted by Crippen LogP contribution is -2.13. The molecular weight excluding hydrogens is 352 g/mol. The van der Waals surface area contributed by atoms with Crippen molar-refractivity contribution in [1.29, 1.82) is 0 Å². The normalized spacial score (nSPS) is 12.2. The molecule has 0 saturated heterocycles. The molecule has 0 bridgehead atoms.